The Kier molecular flexibility index (Phi) is 7.32. The Bertz CT molecular complexity index is 66.0. The summed E-state index contributed by atoms with van der Waals surface area (Å²) in [7, 11) is 4.91. The van der Waals surface area contributed by atoms with Crippen molar-refractivity contribution in [2.75, 3.05) is 14.1 Å². The molecule has 3 heteroatoms. The molecule has 0 saturated carbocycles. The molecule has 0 N–H and O–H groups in total. The molecule has 0 aromatic heterocycles. The van der Waals surface area contributed by atoms with Gasteiger partial charge in [-0.05, 0) is 0 Å². The Morgan fingerprint density at radius 1 is 1.40 bits per heavy atom. The quantitative estimate of drug-likeness (QED) is 0.522. The average Bonchev–Trinajstić information content (AvgIpc) is 1.79. The van der Waals surface area contributed by atoms with Gasteiger partial charge in [0, 0.05) is 0 Å². The first-order valence-electron chi connectivity index (χ1n) is 4.03. The van der Waals surface area contributed by atoms with Gasteiger partial charge in [0.2, 0.25) is 0 Å². The number of hydrogen-bond donors (Lipinski definition) is 0. The van der Waals surface area contributed by atoms with Gasteiger partial charge in [0.1, 0.15) is 0 Å². The van der Waals surface area contributed by atoms with Crippen molar-refractivity contribution in [3.8, 4) is 0 Å². The molecule has 10 heavy (non-hydrogen) atoms. The Morgan fingerprint density at radius 3 is 2.40 bits per heavy atom. The van der Waals surface area contributed by atoms with Crippen LogP contribution in [-0.4, -0.2) is 44.9 Å². The van der Waals surface area contributed by atoms with Gasteiger partial charge in [0.15, 0.2) is 0 Å². The van der Waals surface area contributed by atoms with Gasteiger partial charge in [-0.1, -0.05) is 0 Å². The fourth-order valence-electron chi connectivity index (χ4n) is 0.813. The molecule has 0 spiro atoms. The molecule has 2 radical (unpaired) electrons. The number of rotatable bonds is 5. The van der Waals surface area contributed by atoms with Gasteiger partial charge in [-0.15, -0.1) is 0 Å². The molecule has 0 amide bonds. The SMILES string of the molecule is CC(C)CC[SiH2][Sn][N](C)C. The molecule has 0 rings (SSSR count). The Morgan fingerprint density at radius 2 is 2.00 bits per heavy atom. The second-order valence-corrected chi connectivity index (χ2v) is 14.4. The van der Waals surface area contributed by atoms with Gasteiger partial charge in [-0.25, -0.2) is 0 Å². The summed E-state index contributed by atoms with van der Waals surface area (Å²) in [6.07, 6.45) is 1.49. The second-order valence-electron chi connectivity index (χ2n) is 3.34. The second kappa shape index (κ2) is 6.67. The summed E-state index contributed by atoms with van der Waals surface area (Å²) in [6.45, 7) is 4.66. The van der Waals surface area contributed by atoms with Crippen molar-refractivity contribution in [1.29, 1.82) is 0 Å². The number of hydrogen-bond acceptors (Lipinski definition) is 1. The molecule has 60 valence electrons. The summed E-state index contributed by atoms with van der Waals surface area (Å²) >= 11 is 0.0275. The van der Waals surface area contributed by atoms with E-state index in [1.165, 1.54) is 6.42 Å². The molecule has 0 fully saturated rings. The molecular formula is C7H19NSiSn. The minimum absolute atomic E-state index is 0.0275. The van der Waals surface area contributed by atoms with Crippen molar-refractivity contribution in [1.82, 2.24) is 3.12 Å². The van der Waals surface area contributed by atoms with Crippen LogP contribution >= 0.6 is 0 Å². The van der Waals surface area contributed by atoms with Gasteiger partial charge in [0.25, 0.3) is 0 Å². The zero-order valence-corrected chi connectivity index (χ0v) is 11.9. The van der Waals surface area contributed by atoms with E-state index in [0.29, 0.717) is 7.03 Å². The molecule has 0 aliphatic rings. The molecule has 0 aromatic carbocycles. The summed E-state index contributed by atoms with van der Waals surface area (Å²) in [6, 6.07) is 1.60. The van der Waals surface area contributed by atoms with Crippen LogP contribution in [0.3, 0.4) is 0 Å². The van der Waals surface area contributed by atoms with Crippen LogP contribution < -0.4 is 0 Å². The molecule has 0 saturated heterocycles. The first-order valence-corrected chi connectivity index (χ1v) is 13.1. The Hall–Kier alpha value is 0.976. The van der Waals surface area contributed by atoms with Crippen molar-refractivity contribution in [3.05, 3.63) is 0 Å². The Balaban J connectivity index is 2.91. The van der Waals surface area contributed by atoms with Crippen LogP contribution in [0.4, 0.5) is 0 Å². The van der Waals surface area contributed by atoms with E-state index in [-0.39, 0.29) is 20.6 Å². The Labute approximate surface area is 77.0 Å². The molecular weight excluding hydrogens is 245 g/mol. The third-order valence-corrected chi connectivity index (χ3v) is 13.4. The van der Waals surface area contributed by atoms with Crippen LogP contribution in [0.15, 0.2) is 0 Å². The van der Waals surface area contributed by atoms with Crippen molar-refractivity contribution in [2.24, 2.45) is 5.92 Å². The predicted octanol–water partition coefficient (Wildman–Crippen LogP) is 0.715. The van der Waals surface area contributed by atoms with Gasteiger partial charge >= 0.3 is 77.1 Å². The van der Waals surface area contributed by atoms with E-state index in [4.69, 9.17) is 0 Å². The summed E-state index contributed by atoms with van der Waals surface area (Å²) < 4.78 is 2.48. The molecule has 0 bridgehead atoms. The molecule has 0 atom stereocenters. The van der Waals surface area contributed by atoms with Gasteiger partial charge in [-0.2, -0.15) is 0 Å². The van der Waals surface area contributed by atoms with Crippen LogP contribution in [0.25, 0.3) is 0 Å². The van der Waals surface area contributed by atoms with Crippen molar-refractivity contribution < 1.29 is 0 Å². The van der Waals surface area contributed by atoms with Crippen LogP contribution in [-0.2, 0) is 0 Å². The average molecular weight is 264 g/mol. The summed E-state index contributed by atoms with van der Waals surface area (Å²) in [5.41, 5.74) is 0. The summed E-state index contributed by atoms with van der Waals surface area (Å²) in [4.78, 5) is 0. The van der Waals surface area contributed by atoms with Gasteiger partial charge < -0.3 is 0 Å². The standard InChI is InChI=1S/C5H13Si.C2H6N.Sn/c1-5(2)3-4-6;1-3-2;/h5H,3-4,6H2,1-2H3;1-2H3;/q;-1;+1. The normalized spacial score (nSPS) is 12.6. The first kappa shape index (κ1) is 11.0. The van der Waals surface area contributed by atoms with E-state index >= 15 is 0 Å². The van der Waals surface area contributed by atoms with Crippen molar-refractivity contribution >= 4 is 27.7 Å². The van der Waals surface area contributed by atoms with Crippen LogP contribution in [0, 0.1) is 5.92 Å². The van der Waals surface area contributed by atoms with Crippen LogP contribution in [0.2, 0.25) is 6.04 Å². The third kappa shape index (κ3) is 8.98. The fraction of sp³-hybridized carbons (Fsp3) is 1.00. The van der Waals surface area contributed by atoms with Crippen molar-refractivity contribution in [3.63, 3.8) is 0 Å². The van der Waals surface area contributed by atoms with Crippen molar-refractivity contribution in [2.45, 2.75) is 26.3 Å². The maximum absolute atomic E-state index is 2.48. The zero-order chi connectivity index (χ0) is 7.98. The topological polar surface area (TPSA) is 3.24 Å². The van der Waals surface area contributed by atoms with E-state index in [2.05, 4.69) is 31.1 Å². The predicted molar refractivity (Wildman–Crippen MR) is 52.2 cm³/mol. The molecule has 0 aliphatic carbocycles. The molecule has 1 nitrogen and oxygen atoms in total. The van der Waals surface area contributed by atoms with E-state index in [0.717, 1.165) is 5.92 Å². The van der Waals surface area contributed by atoms with Crippen LogP contribution in [0.1, 0.15) is 20.3 Å². The minimum atomic E-state index is 0.0275. The first-order chi connectivity index (χ1) is 4.63. The van der Waals surface area contributed by atoms with E-state index < -0.39 is 0 Å². The third-order valence-electron chi connectivity index (χ3n) is 1.39. The molecule has 0 aliphatic heterocycles. The van der Waals surface area contributed by atoms with Gasteiger partial charge in [-0.3, -0.25) is 0 Å². The molecule has 0 heterocycles. The molecule has 0 aromatic rings. The van der Waals surface area contributed by atoms with E-state index in [1.54, 1.807) is 6.04 Å². The van der Waals surface area contributed by atoms with E-state index in [1.807, 2.05) is 0 Å². The fourth-order valence-corrected chi connectivity index (χ4v) is 9.37. The number of nitrogens with zero attached hydrogens (tertiary/aromatic N) is 1. The summed E-state index contributed by atoms with van der Waals surface area (Å²) in [5, 5.41) is 0. The zero-order valence-electron chi connectivity index (χ0n) is 7.65. The molecule has 0 unspecified atom stereocenters. The summed E-state index contributed by atoms with van der Waals surface area (Å²) in [5.74, 6) is 0.939. The van der Waals surface area contributed by atoms with Gasteiger partial charge in [0.05, 0.1) is 0 Å². The van der Waals surface area contributed by atoms with Crippen LogP contribution in [0.5, 0.6) is 0 Å². The van der Waals surface area contributed by atoms with E-state index in [9.17, 15) is 0 Å². The maximum atomic E-state index is 2.48. The monoisotopic (exact) mass is 265 g/mol.